The molecule has 3 rings (SSSR count). The van der Waals surface area contributed by atoms with Crippen LogP contribution in [0.2, 0.25) is 0 Å². The molecule has 2 aromatic carbocycles. The van der Waals surface area contributed by atoms with E-state index in [0.717, 1.165) is 16.8 Å². The van der Waals surface area contributed by atoms with Gasteiger partial charge in [0.15, 0.2) is 0 Å². The molecule has 142 valence electrons. The third-order valence-electron chi connectivity index (χ3n) is 4.46. The van der Waals surface area contributed by atoms with Crippen LogP contribution in [0.3, 0.4) is 0 Å². The van der Waals surface area contributed by atoms with Gasteiger partial charge >= 0.3 is 16.1 Å². The number of nitrogens with zero attached hydrogens (tertiary/aromatic N) is 1. The van der Waals surface area contributed by atoms with Crippen molar-refractivity contribution in [2.24, 2.45) is 7.05 Å². The summed E-state index contributed by atoms with van der Waals surface area (Å²) < 4.78 is 37.3. The van der Waals surface area contributed by atoms with Gasteiger partial charge in [-0.25, -0.2) is 4.79 Å². The van der Waals surface area contributed by atoms with Gasteiger partial charge in [-0.3, -0.25) is 0 Å². The first-order chi connectivity index (χ1) is 12.7. The van der Waals surface area contributed by atoms with Crippen molar-refractivity contribution in [2.45, 2.75) is 25.7 Å². The second-order valence-corrected chi connectivity index (χ2v) is 7.82. The van der Waals surface area contributed by atoms with Crippen molar-refractivity contribution in [1.29, 1.82) is 0 Å². The average Bonchev–Trinajstić information content (AvgIpc) is 2.86. The Bertz CT molecular complexity index is 1110. The van der Waals surface area contributed by atoms with Crippen LogP contribution in [0, 0.1) is 13.8 Å². The number of hydrogen-bond acceptors (Lipinski definition) is 5. The molecule has 0 unspecified atom stereocenters. The second-order valence-electron chi connectivity index (χ2n) is 6.27. The zero-order valence-corrected chi connectivity index (χ0v) is 16.5. The molecule has 27 heavy (non-hydrogen) atoms. The number of aromatic nitrogens is 1. The second kappa shape index (κ2) is 7.08. The summed E-state index contributed by atoms with van der Waals surface area (Å²) in [4.78, 5) is 12.4. The molecule has 0 bridgehead atoms. The van der Waals surface area contributed by atoms with Crippen LogP contribution in [0.1, 0.15) is 28.5 Å². The third-order valence-corrected chi connectivity index (χ3v) is 5.72. The molecule has 0 radical (unpaired) electrons. The molecule has 7 heteroatoms. The standard InChI is InChI=1S/C20H21NO5S/c1-5-25-20(22)19-14(3)21(4)18-11-8-15(12-17(18)19)26-27(23,24)16-9-6-13(2)7-10-16/h6-12H,5H2,1-4H3. The molecule has 0 saturated carbocycles. The first-order valence-corrected chi connectivity index (χ1v) is 9.92. The first kappa shape index (κ1) is 19.0. The number of carbonyl (C=O) groups excluding carboxylic acids is 1. The van der Waals surface area contributed by atoms with E-state index in [1.54, 1.807) is 37.3 Å². The van der Waals surface area contributed by atoms with E-state index in [2.05, 4.69) is 0 Å². The quantitative estimate of drug-likeness (QED) is 0.492. The molecule has 0 aliphatic heterocycles. The number of fused-ring (bicyclic) bond motifs is 1. The third kappa shape index (κ3) is 3.55. The lowest BCUT2D eigenvalue weighted by molar-refractivity contribution is 0.0527. The maximum atomic E-state index is 12.5. The molecule has 1 heterocycles. The van der Waals surface area contributed by atoms with E-state index in [9.17, 15) is 13.2 Å². The zero-order valence-electron chi connectivity index (χ0n) is 15.6. The molecule has 0 atom stereocenters. The van der Waals surface area contributed by atoms with Gasteiger partial charge in [0.1, 0.15) is 10.6 Å². The van der Waals surface area contributed by atoms with Crippen molar-refractivity contribution in [3.8, 4) is 5.75 Å². The van der Waals surface area contributed by atoms with Crippen LogP contribution >= 0.6 is 0 Å². The zero-order chi connectivity index (χ0) is 19.8. The molecule has 3 aromatic rings. The Hall–Kier alpha value is -2.80. The highest BCUT2D eigenvalue weighted by atomic mass is 32.2. The summed E-state index contributed by atoms with van der Waals surface area (Å²) in [5.74, 6) is -0.307. The highest BCUT2D eigenvalue weighted by Crippen LogP contribution is 2.30. The summed E-state index contributed by atoms with van der Waals surface area (Å²) in [6, 6.07) is 11.3. The van der Waals surface area contributed by atoms with E-state index in [-0.39, 0.29) is 17.3 Å². The molecule has 6 nitrogen and oxygen atoms in total. The van der Waals surface area contributed by atoms with Crippen molar-refractivity contribution in [3.05, 3.63) is 59.3 Å². The van der Waals surface area contributed by atoms with Crippen LogP contribution in [0.25, 0.3) is 10.9 Å². The summed E-state index contributed by atoms with van der Waals surface area (Å²) in [7, 11) is -2.13. The lowest BCUT2D eigenvalue weighted by atomic mass is 10.1. The van der Waals surface area contributed by atoms with Crippen LogP contribution in [0.4, 0.5) is 0 Å². The van der Waals surface area contributed by atoms with E-state index in [4.69, 9.17) is 8.92 Å². The van der Waals surface area contributed by atoms with E-state index >= 15 is 0 Å². The molecule has 0 fully saturated rings. The molecule has 0 spiro atoms. The van der Waals surface area contributed by atoms with Gasteiger partial charge in [-0.2, -0.15) is 8.42 Å². The maximum absolute atomic E-state index is 12.5. The summed E-state index contributed by atoms with van der Waals surface area (Å²) in [5.41, 5.74) is 2.89. The van der Waals surface area contributed by atoms with Crippen LogP contribution in [0.15, 0.2) is 47.4 Å². The monoisotopic (exact) mass is 387 g/mol. The molecule has 0 aliphatic rings. The van der Waals surface area contributed by atoms with Gasteiger partial charge in [-0.15, -0.1) is 0 Å². The topological polar surface area (TPSA) is 74.6 Å². The van der Waals surface area contributed by atoms with Crippen molar-refractivity contribution in [2.75, 3.05) is 6.61 Å². The Labute approximate surface area is 158 Å². The molecule has 0 saturated heterocycles. The summed E-state index contributed by atoms with van der Waals surface area (Å²) in [5, 5.41) is 0.588. The van der Waals surface area contributed by atoms with Gasteiger partial charge in [0.05, 0.1) is 12.2 Å². The number of carbonyl (C=O) groups is 1. The van der Waals surface area contributed by atoms with E-state index in [1.807, 2.05) is 25.5 Å². The number of esters is 1. The van der Waals surface area contributed by atoms with Crippen LogP contribution in [-0.2, 0) is 21.9 Å². The van der Waals surface area contributed by atoms with E-state index in [1.165, 1.54) is 12.1 Å². The lowest BCUT2D eigenvalue weighted by Gasteiger charge is -2.08. The Morgan fingerprint density at radius 3 is 2.37 bits per heavy atom. The van der Waals surface area contributed by atoms with Gasteiger partial charge in [0, 0.05) is 23.6 Å². The molecule has 1 aromatic heterocycles. The Morgan fingerprint density at radius 1 is 1.07 bits per heavy atom. The summed E-state index contributed by atoms with van der Waals surface area (Å²) >= 11 is 0. The predicted molar refractivity (Wildman–Crippen MR) is 103 cm³/mol. The molecular formula is C20H21NO5S. The number of aryl methyl sites for hydroxylation is 2. The van der Waals surface area contributed by atoms with Crippen LogP contribution in [-0.4, -0.2) is 25.6 Å². The van der Waals surface area contributed by atoms with Gasteiger partial charge in [0.25, 0.3) is 0 Å². The number of hydrogen-bond donors (Lipinski definition) is 0. The molecule has 0 N–H and O–H groups in total. The fourth-order valence-corrected chi connectivity index (χ4v) is 3.87. The Morgan fingerprint density at radius 2 is 1.74 bits per heavy atom. The normalized spacial score (nSPS) is 11.6. The minimum atomic E-state index is -3.97. The Kier molecular flexibility index (Phi) is 4.97. The van der Waals surface area contributed by atoms with Crippen molar-refractivity contribution >= 4 is 27.0 Å². The van der Waals surface area contributed by atoms with E-state index < -0.39 is 16.1 Å². The van der Waals surface area contributed by atoms with Gasteiger partial charge < -0.3 is 13.5 Å². The smallest absolute Gasteiger partial charge is 0.340 e. The first-order valence-electron chi connectivity index (χ1n) is 8.52. The van der Waals surface area contributed by atoms with Gasteiger partial charge in [-0.05, 0) is 51.1 Å². The van der Waals surface area contributed by atoms with E-state index in [0.29, 0.717) is 10.9 Å². The van der Waals surface area contributed by atoms with Gasteiger partial charge in [-0.1, -0.05) is 17.7 Å². The fourth-order valence-electron chi connectivity index (χ4n) is 2.94. The number of benzene rings is 2. The summed E-state index contributed by atoms with van der Waals surface area (Å²) in [6.45, 7) is 5.68. The molecule has 0 aliphatic carbocycles. The van der Waals surface area contributed by atoms with Crippen LogP contribution in [0.5, 0.6) is 5.75 Å². The van der Waals surface area contributed by atoms with Crippen molar-refractivity contribution < 1.29 is 22.1 Å². The van der Waals surface area contributed by atoms with Crippen molar-refractivity contribution in [1.82, 2.24) is 4.57 Å². The molecule has 0 amide bonds. The average molecular weight is 387 g/mol. The van der Waals surface area contributed by atoms with Crippen LogP contribution < -0.4 is 4.18 Å². The van der Waals surface area contributed by atoms with Crippen molar-refractivity contribution in [3.63, 3.8) is 0 Å². The lowest BCUT2D eigenvalue weighted by Crippen LogP contribution is -2.09. The SMILES string of the molecule is CCOC(=O)c1c(C)n(C)c2ccc(OS(=O)(=O)c3ccc(C)cc3)cc12. The largest absolute Gasteiger partial charge is 0.462 e. The highest BCUT2D eigenvalue weighted by molar-refractivity contribution is 7.87. The molecular weight excluding hydrogens is 366 g/mol. The van der Waals surface area contributed by atoms with Gasteiger partial charge in [0.2, 0.25) is 0 Å². The predicted octanol–water partition coefficient (Wildman–Crippen LogP) is 3.74. The number of ether oxygens (including phenoxy) is 1. The minimum Gasteiger partial charge on any atom is -0.462 e. The number of rotatable bonds is 5. The Balaban J connectivity index is 2.05. The minimum absolute atomic E-state index is 0.0723. The maximum Gasteiger partial charge on any atom is 0.340 e. The summed E-state index contributed by atoms with van der Waals surface area (Å²) in [6.07, 6.45) is 0. The fraction of sp³-hybridized carbons (Fsp3) is 0.250. The highest BCUT2D eigenvalue weighted by Gasteiger charge is 2.22.